The Morgan fingerprint density at radius 1 is 1.00 bits per heavy atom. The Hall–Kier alpha value is -2.71. The molecule has 3 aromatic rings. The molecule has 0 radical (unpaired) electrons. The van der Waals surface area contributed by atoms with E-state index in [1.807, 2.05) is 32.9 Å². The number of benzene rings is 2. The highest BCUT2D eigenvalue weighted by atomic mass is 32.2. The monoisotopic (exact) mass is 430 g/mol. The van der Waals surface area contributed by atoms with Crippen LogP contribution >= 0.6 is 0 Å². The number of hydrogen-bond donors (Lipinski definition) is 1. The van der Waals surface area contributed by atoms with Crippen molar-refractivity contribution in [2.75, 3.05) is 6.54 Å². The molecule has 30 heavy (non-hydrogen) atoms. The van der Waals surface area contributed by atoms with Crippen LogP contribution in [0.5, 0.6) is 0 Å². The molecule has 0 fully saturated rings. The molecule has 3 rings (SSSR count). The minimum absolute atomic E-state index is 0.0560. The van der Waals surface area contributed by atoms with Crippen molar-refractivity contribution in [3.05, 3.63) is 58.0 Å². The fourth-order valence-electron chi connectivity index (χ4n) is 3.42. The molecule has 2 aromatic carbocycles. The van der Waals surface area contributed by atoms with Crippen molar-refractivity contribution in [3.8, 4) is 0 Å². The van der Waals surface area contributed by atoms with Crippen LogP contribution < -0.4 is 4.72 Å². The first-order chi connectivity index (χ1) is 14.1. The van der Waals surface area contributed by atoms with E-state index in [0.29, 0.717) is 17.0 Å². The number of fused-ring (bicyclic) bond motifs is 1. The number of esters is 1. The molecule has 8 heteroatoms. The quantitative estimate of drug-likeness (QED) is 0.573. The highest BCUT2D eigenvalue weighted by Gasteiger charge is 2.23. The normalized spacial score (nSPS) is 11.8. The van der Waals surface area contributed by atoms with Crippen LogP contribution in [0.4, 0.5) is 0 Å². The van der Waals surface area contributed by atoms with Gasteiger partial charge in [0.05, 0.1) is 11.3 Å². The molecule has 0 atom stereocenters. The van der Waals surface area contributed by atoms with Crippen LogP contribution in [0.2, 0.25) is 0 Å². The van der Waals surface area contributed by atoms with Gasteiger partial charge in [-0.1, -0.05) is 12.1 Å². The number of carbonyl (C=O) groups excluding carboxylic acids is 1. The molecule has 0 aliphatic carbocycles. The third-order valence-corrected chi connectivity index (χ3v) is 7.25. The van der Waals surface area contributed by atoms with Gasteiger partial charge in [-0.25, -0.2) is 18.1 Å². The molecule has 0 saturated carbocycles. The van der Waals surface area contributed by atoms with E-state index >= 15 is 0 Å². The van der Waals surface area contributed by atoms with Gasteiger partial charge in [-0.3, -0.25) is 4.79 Å². The lowest BCUT2D eigenvalue weighted by atomic mass is 9.95. The molecule has 0 amide bonds. The maximum atomic E-state index is 12.9. The number of ether oxygens (including phenoxy) is 1. The molecular formula is C22H26N2O5S. The summed E-state index contributed by atoms with van der Waals surface area (Å²) in [7, 11) is -3.75. The van der Waals surface area contributed by atoms with Gasteiger partial charge < -0.3 is 9.15 Å². The Labute approximate surface area is 176 Å². The van der Waals surface area contributed by atoms with Gasteiger partial charge >= 0.3 is 5.97 Å². The smallest absolute Gasteiger partial charge is 0.307 e. The molecule has 160 valence electrons. The third-order valence-electron chi connectivity index (χ3n) is 5.52. The molecule has 0 aliphatic heterocycles. The summed E-state index contributed by atoms with van der Waals surface area (Å²) in [5, 5.41) is 0. The lowest BCUT2D eigenvalue weighted by Crippen LogP contribution is -2.28. The SMILES string of the molecule is Cc1c(C)c(C)c(S(=O)(=O)NCCC(=O)OCc2nc3ccccc3o2)c(C)c1C. The van der Waals surface area contributed by atoms with E-state index < -0.39 is 16.0 Å². The van der Waals surface area contributed by atoms with Gasteiger partial charge in [-0.15, -0.1) is 0 Å². The van der Waals surface area contributed by atoms with Crippen molar-refractivity contribution in [3.63, 3.8) is 0 Å². The number of para-hydroxylation sites is 2. The summed E-state index contributed by atoms with van der Waals surface area (Å²) < 4.78 is 38.9. The summed E-state index contributed by atoms with van der Waals surface area (Å²) in [5.41, 5.74) is 5.75. The molecule has 0 spiro atoms. The number of sulfonamides is 1. The fraction of sp³-hybridized carbons (Fsp3) is 0.364. The van der Waals surface area contributed by atoms with Crippen LogP contribution in [0.25, 0.3) is 11.1 Å². The number of oxazole rings is 1. The minimum Gasteiger partial charge on any atom is -0.456 e. The van der Waals surface area contributed by atoms with E-state index in [0.717, 1.165) is 27.8 Å². The number of hydrogen-bond acceptors (Lipinski definition) is 6. The summed E-state index contributed by atoms with van der Waals surface area (Å²) in [5.74, 6) is -0.244. The van der Waals surface area contributed by atoms with E-state index in [4.69, 9.17) is 9.15 Å². The predicted molar refractivity (Wildman–Crippen MR) is 114 cm³/mol. The van der Waals surface area contributed by atoms with Crippen molar-refractivity contribution in [2.45, 2.75) is 52.5 Å². The van der Waals surface area contributed by atoms with E-state index in [1.165, 1.54) is 0 Å². The van der Waals surface area contributed by atoms with Gasteiger partial charge in [0.15, 0.2) is 12.2 Å². The second-order valence-electron chi connectivity index (χ2n) is 7.34. The molecule has 1 heterocycles. The molecule has 0 saturated heterocycles. The van der Waals surface area contributed by atoms with Crippen molar-refractivity contribution in [2.24, 2.45) is 0 Å². The second-order valence-corrected chi connectivity index (χ2v) is 9.04. The fourth-order valence-corrected chi connectivity index (χ4v) is 5.05. The summed E-state index contributed by atoms with van der Waals surface area (Å²) in [4.78, 5) is 16.5. The lowest BCUT2D eigenvalue weighted by molar-refractivity contribution is -0.145. The molecule has 1 N–H and O–H groups in total. The van der Waals surface area contributed by atoms with Crippen LogP contribution in [0.3, 0.4) is 0 Å². The molecule has 7 nitrogen and oxygen atoms in total. The third kappa shape index (κ3) is 4.39. The lowest BCUT2D eigenvalue weighted by Gasteiger charge is -2.19. The number of nitrogens with zero attached hydrogens (tertiary/aromatic N) is 1. The summed E-state index contributed by atoms with van der Waals surface area (Å²) in [6.45, 7) is 9.27. The van der Waals surface area contributed by atoms with Gasteiger partial charge in [0, 0.05) is 6.54 Å². The summed E-state index contributed by atoms with van der Waals surface area (Å²) in [6.07, 6.45) is -0.0959. The van der Waals surface area contributed by atoms with E-state index in [-0.39, 0.29) is 24.5 Å². The zero-order chi connectivity index (χ0) is 22.1. The first-order valence-electron chi connectivity index (χ1n) is 9.68. The summed E-state index contributed by atoms with van der Waals surface area (Å²) in [6, 6.07) is 7.25. The first kappa shape index (κ1) is 22.0. The summed E-state index contributed by atoms with van der Waals surface area (Å²) >= 11 is 0. The van der Waals surface area contributed by atoms with Crippen LogP contribution in [0.15, 0.2) is 33.6 Å². The predicted octanol–water partition coefficient (Wildman–Crippen LogP) is 3.78. The van der Waals surface area contributed by atoms with Crippen molar-refractivity contribution < 1.29 is 22.4 Å². The highest BCUT2D eigenvalue weighted by molar-refractivity contribution is 7.89. The van der Waals surface area contributed by atoms with Crippen LogP contribution in [0, 0.1) is 34.6 Å². The number of aromatic nitrogens is 1. The Balaban J connectivity index is 1.59. The Kier molecular flexibility index (Phi) is 6.28. The Morgan fingerprint density at radius 3 is 2.23 bits per heavy atom. The van der Waals surface area contributed by atoms with Crippen molar-refractivity contribution in [1.29, 1.82) is 0 Å². The average Bonchev–Trinajstić information content (AvgIpc) is 3.12. The molecule has 1 aromatic heterocycles. The average molecular weight is 431 g/mol. The number of carbonyl (C=O) groups is 1. The molecule has 0 unspecified atom stereocenters. The van der Waals surface area contributed by atoms with Crippen LogP contribution in [-0.4, -0.2) is 25.9 Å². The maximum Gasteiger partial charge on any atom is 0.307 e. The van der Waals surface area contributed by atoms with Gasteiger partial charge in [0.2, 0.25) is 15.9 Å². The second kappa shape index (κ2) is 8.57. The highest BCUT2D eigenvalue weighted by Crippen LogP contribution is 2.29. The van der Waals surface area contributed by atoms with Crippen LogP contribution in [0.1, 0.15) is 40.1 Å². The number of nitrogens with one attached hydrogen (secondary N) is 1. The van der Waals surface area contributed by atoms with E-state index in [2.05, 4.69) is 9.71 Å². The van der Waals surface area contributed by atoms with Crippen molar-refractivity contribution >= 4 is 27.1 Å². The molecule has 0 bridgehead atoms. The van der Waals surface area contributed by atoms with Crippen LogP contribution in [-0.2, 0) is 26.2 Å². The topological polar surface area (TPSA) is 98.5 Å². The van der Waals surface area contributed by atoms with Crippen molar-refractivity contribution in [1.82, 2.24) is 9.71 Å². The zero-order valence-corrected chi connectivity index (χ0v) is 18.6. The standard InChI is InChI=1S/C22H26N2O5S/c1-13-14(2)16(4)22(17(5)15(13)3)30(26,27)23-11-10-21(25)28-12-20-24-18-8-6-7-9-19(18)29-20/h6-9,23H,10-12H2,1-5H3. The molecular weight excluding hydrogens is 404 g/mol. The van der Waals surface area contributed by atoms with Gasteiger partial charge in [-0.05, 0) is 74.6 Å². The van der Waals surface area contributed by atoms with Gasteiger partial charge in [0.25, 0.3) is 0 Å². The maximum absolute atomic E-state index is 12.9. The Morgan fingerprint density at radius 2 is 1.60 bits per heavy atom. The Bertz CT molecular complexity index is 1150. The molecule has 0 aliphatic rings. The minimum atomic E-state index is -3.75. The van der Waals surface area contributed by atoms with Gasteiger partial charge in [-0.2, -0.15) is 0 Å². The first-order valence-corrected chi connectivity index (χ1v) is 11.2. The van der Waals surface area contributed by atoms with E-state index in [1.54, 1.807) is 26.0 Å². The number of rotatable bonds is 7. The van der Waals surface area contributed by atoms with E-state index in [9.17, 15) is 13.2 Å². The zero-order valence-electron chi connectivity index (χ0n) is 17.8. The largest absolute Gasteiger partial charge is 0.456 e. The van der Waals surface area contributed by atoms with Gasteiger partial charge in [0.1, 0.15) is 5.52 Å².